The van der Waals surface area contributed by atoms with Crippen LogP contribution in [0.25, 0.3) is 0 Å². The minimum Gasteiger partial charge on any atom is -0.313 e. The molecule has 0 saturated carbocycles. The van der Waals surface area contributed by atoms with E-state index in [1.807, 2.05) is 6.92 Å². The Kier molecular flexibility index (Phi) is 6.51. The minimum atomic E-state index is -3.84. The monoisotopic (exact) mass is 314 g/mol. The SMILES string of the molecule is C=C(C)CN(CC)S(=O)(=O)c1ccc(CNCC)cc1F. The van der Waals surface area contributed by atoms with Crippen LogP contribution in [0.3, 0.4) is 0 Å². The van der Waals surface area contributed by atoms with E-state index in [4.69, 9.17) is 0 Å². The van der Waals surface area contributed by atoms with Crippen molar-refractivity contribution in [2.24, 2.45) is 0 Å². The van der Waals surface area contributed by atoms with Gasteiger partial charge in [-0.1, -0.05) is 32.1 Å². The molecule has 0 aromatic heterocycles. The van der Waals surface area contributed by atoms with Gasteiger partial charge in [-0.3, -0.25) is 0 Å². The summed E-state index contributed by atoms with van der Waals surface area (Å²) < 4.78 is 40.3. The van der Waals surface area contributed by atoms with Crippen LogP contribution in [0.15, 0.2) is 35.2 Å². The van der Waals surface area contributed by atoms with Crippen molar-refractivity contribution in [3.63, 3.8) is 0 Å². The summed E-state index contributed by atoms with van der Waals surface area (Å²) in [5.41, 5.74) is 1.43. The number of likely N-dealkylation sites (N-methyl/N-ethyl adjacent to an activating group) is 1. The van der Waals surface area contributed by atoms with Crippen molar-refractivity contribution >= 4 is 10.0 Å². The van der Waals surface area contributed by atoms with Gasteiger partial charge in [-0.2, -0.15) is 4.31 Å². The van der Waals surface area contributed by atoms with Crippen LogP contribution in [0.2, 0.25) is 0 Å². The number of hydrogen-bond acceptors (Lipinski definition) is 3. The molecule has 0 bridgehead atoms. The summed E-state index contributed by atoms with van der Waals surface area (Å²) in [5.74, 6) is -0.717. The highest BCUT2D eigenvalue weighted by molar-refractivity contribution is 7.89. The summed E-state index contributed by atoms with van der Waals surface area (Å²) in [6.45, 7) is 10.9. The highest BCUT2D eigenvalue weighted by atomic mass is 32.2. The van der Waals surface area contributed by atoms with Gasteiger partial charge >= 0.3 is 0 Å². The predicted molar refractivity (Wildman–Crippen MR) is 83.0 cm³/mol. The van der Waals surface area contributed by atoms with E-state index in [-0.39, 0.29) is 18.0 Å². The average molecular weight is 314 g/mol. The van der Waals surface area contributed by atoms with Gasteiger partial charge in [0.25, 0.3) is 0 Å². The van der Waals surface area contributed by atoms with Gasteiger partial charge in [0.1, 0.15) is 10.7 Å². The highest BCUT2D eigenvalue weighted by Crippen LogP contribution is 2.21. The summed E-state index contributed by atoms with van der Waals surface area (Å²) in [6.07, 6.45) is 0. The maximum atomic E-state index is 14.2. The van der Waals surface area contributed by atoms with Crippen LogP contribution < -0.4 is 5.32 Å². The lowest BCUT2D eigenvalue weighted by molar-refractivity contribution is 0.447. The molecule has 1 rings (SSSR count). The van der Waals surface area contributed by atoms with E-state index in [9.17, 15) is 12.8 Å². The molecule has 0 saturated heterocycles. The van der Waals surface area contributed by atoms with E-state index < -0.39 is 15.8 Å². The molecular weight excluding hydrogens is 291 g/mol. The van der Waals surface area contributed by atoms with Crippen molar-refractivity contribution in [2.75, 3.05) is 19.6 Å². The Hall–Kier alpha value is -1.24. The van der Waals surface area contributed by atoms with Crippen molar-refractivity contribution in [3.05, 3.63) is 41.7 Å². The Bertz CT molecular complexity index is 600. The first-order valence-electron chi connectivity index (χ1n) is 6.96. The van der Waals surface area contributed by atoms with E-state index in [0.717, 1.165) is 12.1 Å². The van der Waals surface area contributed by atoms with Gasteiger partial charge in [0.2, 0.25) is 10.0 Å². The number of sulfonamides is 1. The van der Waals surface area contributed by atoms with Crippen molar-refractivity contribution in [1.29, 1.82) is 0 Å². The molecule has 0 unspecified atom stereocenters. The van der Waals surface area contributed by atoms with E-state index in [0.29, 0.717) is 12.1 Å². The van der Waals surface area contributed by atoms with Crippen LogP contribution in [0.1, 0.15) is 26.3 Å². The van der Waals surface area contributed by atoms with Gasteiger partial charge in [0.05, 0.1) is 0 Å². The lowest BCUT2D eigenvalue weighted by atomic mass is 10.2. The molecule has 0 aliphatic carbocycles. The fourth-order valence-corrected chi connectivity index (χ4v) is 3.49. The minimum absolute atomic E-state index is 0.192. The maximum Gasteiger partial charge on any atom is 0.246 e. The highest BCUT2D eigenvalue weighted by Gasteiger charge is 2.26. The van der Waals surface area contributed by atoms with Gasteiger partial charge in [-0.25, -0.2) is 12.8 Å². The fraction of sp³-hybridized carbons (Fsp3) is 0.467. The molecular formula is C15H23FN2O2S. The molecule has 0 radical (unpaired) electrons. The molecule has 0 heterocycles. The molecule has 4 nitrogen and oxygen atoms in total. The molecule has 0 aliphatic heterocycles. The molecule has 118 valence electrons. The first kappa shape index (κ1) is 17.8. The van der Waals surface area contributed by atoms with Crippen LogP contribution in [0.5, 0.6) is 0 Å². The number of benzene rings is 1. The number of rotatable bonds is 8. The largest absolute Gasteiger partial charge is 0.313 e. The first-order chi connectivity index (χ1) is 9.82. The second kappa shape index (κ2) is 7.68. The van der Waals surface area contributed by atoms with E-state index in [1.165, 1.54) is 16.4 Å². The van der Waals surface area contributed by atoms with Gasteiger partial charge in [-0.15, -0.1) is 0 Å². The van der Waals surface area contributed by atoms with E-state index in [1.54, 1.807) is 19.9 Å². The second-order valence-electron chi connectivity index (χ2n) is 4.93. The molecule has 0 amide bonds. The maximum absolute atomic E-state index is 14.2. The molecule has 0 atom stereocenters. The van der Waals surface area contributed by atoms with Crippen LogP contribution in [-0.4, -0.2) is 32.4 Å². The third-order valence-corrected chi connectivity index (χ3v) is 4.95. The van der Waals surface area contributed by atoms with E-state index in [2.05, 4.69) is 11.9 Å². The van der Waals surface area contributed by atoms with Gasteiger partial charge in [0.15, 0.2) is 0 Å². The third kappa shape index (κ3) is 4.62. The average Bonchev–Trinajstić information content (AvgIpc) is 2.41. The lowest BCUT2D eigenvalue weighted by Gasteiger charge is -2.21. The third-order valence-electron chi connectivity index (χ3n) is 2.99. The van der Waals surface area contributed by atoms with Crippen molar-refractivity contribution in [1.82, 2.24) is 9.62 Å². The Labute approximate surface area is 126 Å². The van der Waals surface area contributed by atoms with Crippen molar-refractivity contribution in [2.45, 2.75) is 32.2 Å². The van der Waals surface area contributed by atoms with Crippen molar-refractivity contribution in [3.8, 4) is 0 Å². The van der Waals surface area contributed by atoms with E-state index >= 15 is 0 Å². The standard InChI is InChI=1S/C15H23FN2O2S/c1-5-17-10-13-7-8-15(14(16)9-13)21(19,20)18(6-2)11-12(3)4/h7-9,17H,3,5-6,10-11H2,1-2,4H3. The number of halogens is 1. The van der Waals surface area contributed by atoms with Crippen molar-refractivity contribution < 1.29 is 12.8 Å². The fourth-order valence-electron chi connectivity index (χ4n) is 1.94. The molecule has 1 aromatic carbocycles. The zero-order chi connectivity index (χ0) is 16.0. The molecule has 1 N–H and O–H groups in total. The molecule has 0 fully saturated rings. The summed E-state index contributed by atoms with van der Waals surface area (Å²) in [7, 11) is -3.84. The van der Waals surface area contributed by atoms with Gasteiger partial charge < -0.3 is 5.32 Å². The zero-order valence-corrected chi connectivity index (χ0v) is 13.6. The Morgan fingerprint density at radius 2 is 2.05 bits per heavy atom. The number of hydrogen-bond donors (Lipinski definition) is 1. The summed E-state index contributed by atoms with van der Waals surface area (Å²) in [5, 5.41) is 3.07. The van der Waals surface area contributed by atoms with Crippen LogP contribution in [-0.2, 0) is 16.6 Å². The second-order valence-corrected chi connectivity index (χ2v) is 6.84. The van der Waals surface area contributed by atoms with Crippen LogP contribution in [0.4, 0.5) is 4.39 Å². The van der Waals surface area contributed by atoms with Gasteiger partial charge in [0, 0.05) is 19.6 Å². The smallest absolute Gasteiger partial charge is 0.246 e. The summed E-state index contributed by atoms with van der Waals surface area (Å²) in [4.78, 5) is -0.286. The normalized spacial score (nSPS) is 11.9. The lowest BCUT2D eigenvalue weighted by Crippen LogP contribution is -2.32. The van der Waals surface area contributed by atoms with Crippen LogP contribution in [0, 0.1) is 5.82 Å². The quantitative estimate of drug-likeness (QED) is 0.750. The molecule has 0 spiro atoms. The Morgan fingerprint density at radius 3 is 2.52 bits per heavy atom. The zero-order valence-electron chi connectivity index (χ0n) is 12.8. The Balaban J connectivity index is 3.10. The summed E-state index contributed by atoms with van der Waals surface area (Å²) in [6, 6.07) is 4.23. The molecule has 1 aromatic rings. The molecule has 0 aliphatic rings. The first-order valence-corrected chi connectivity index (χ1v) is 8.40. The molecule has 6 heteroatoms. The Morgan fingerprint density at radius 1 is 1.38 bits per heavy atom. The van der Waals surface area contributed by atoms with Gasteiger partial charge in [-0.05, 0) is 31.2 Å². The number of nitrogens with zero attached hydrogens (tertiary/aromatic N) is 1. The topological polar surface area (TPSA) is 49.4 Å². The predicted octanol–water partition coefficient (Wildman–Crippen LogP) is 2.52. The summed E-state index contributed by atoms with van der Waals surface area (Å²) >= 11 is 0. The van der Waals surface area contributed by atoms with Crippen LogP contribution >= 0.6 is 0 Å². The number of nitrogens with one attached hydrogen (secondary N) is 1. The molecule has 21 heavy (non-hydrogen) atoms.